The second-order valence-corrected chi connectivity index (χ2v) is 4.90. The summed E-state index contributed by atoms with van der Waals surface area (Å²) in [7, 11) is 0. The van der Waals surface area contributed by atoms with Crippen LogP contribution in [0.2, 0.25) is 0 Å². The van der Waals surface area contributed by atoms with Crippen LogP contribution in [-0.2, 0) is 17.8 Å². The fourth-order valence-corrected chi connectivity index (χ4v) is 2.04. The molecule has 1 amide bonds. The van der Waals surface area contributed by atoms with Gasteiger partial charge < -0.3 is 5.32 Å². The van der Waals surface area contributed by atoms with Gasteiger partial charge in [-0.05, 0) is 18.9 Å². The third-order valence-electron chi connectivity index (χ3n) is 3.29. The average Bonchev–Trinajstić information content (AvgIpc) is 2.50. The Balaban J connectivity index is 2.00. The van der Waals surface area contributed by atoms with Crippen LogP contribution < -0.4 is 10.9 Å². The van der Waals surface area contributed by atoms with E-state index in [1.54, 1.807) is 0 Å². The zero-order valence-electron chi connectivity index (χ0n) is 12.2. The van der Waals surface area contributed by atoms with Crippen molar-refractivity contribution in [2.45, 2.75) is 32.9 Å². The molecule has 5 heteroatoms. The molecule has 1 heterocycles. The number of aromatic nitrogens is 2. The number of nitrogens with zero attached hydrogens (tertiary/aromatic N) is 2. The van der Waals surface area contributed by atoms with E-state index in [9.17, 15) is 9.59 Å². The van der Waals surface area contributed by atoms with Crippen molar-refractivity contribution in [3.8, 4) is 0 Å². The smallest absolute Gasteiger partial charge is 0.253 e. The molecule has 2 rings (SSSR count). The first-order valence-corrected chi connectivity index (χ1v) is 7.00. The van der Waals surface area contributed by atoms with Crippen LogP contribution in [0.3, 0.4) is 0 Å². The van der Waals surface area contributed by atoms with Gasteiger partial charge in [0.15, 0.2) is 0 Å². The van der Waals surface area contributed by atoms with Crippen molar-refractivity contribution < 1.29 is 4.79 Å². The zero-order chi connectivity index (χ0) is 15.2. The quantitative estimate of drug-likeness (QED) is 0.909. The standard InChI is InChI=1S/C16H19N3O2/c1-3-14-9-16(21)19(11-17-14)10-15(20)18-12(2)13-7-5-4-6-8-13/h4-9,11-12H,3,10H2,1-2H3,(H,18,20). The molecule has 5 nitrogen and oxygen atoms in total. The van der Waals surface area contributed by atoms with Crippen molar-refractivity contribution in [3.05, 3.63) is 64.3 Å². The van der Waals surface area contributed by atoms with E-state index in [0.717, 1.165) is 11.3 Å². The minimum Gasteiger partial charge on any atom is -0.348 e. The lowest BCUT2D eigenvalue weighted by molar-refractivity contribution is -0.122. The molecule has 0 aliphatic carbocycles. The Morgan fingerprint density at radius 3 is 2.67 bits per heavy atom. The number of benzene rings is 1. The Bertz CT molecular complexity index is 665. The predicted molar refractivity (Wildman–Crippen MR) is 80.9 cm³/mol. The van der Waals surface area contributed by atoms with Crippen molar-refractivity contribution in [2.75, 3.05) is 0 Å². The summed E-state index contributed by atoms with van der Waals surface area (Å²) in [4.78, 5) is 28.0. The maximum absolute atomic E-state index is 12.0. The van der Waals surface area contributed by atoms with Gasteiger partial charge in [-0.2, -0.15) is 0 Å². The molecular weight excluding hydrogens is 266 g/mol. The van der Waals surface area contributed by atoms with Crippen molar-refractivity contribution >= 4 is 5.91 Å². The summed E-state index contributed by atoms with van der Waals surface area (Å²) in [6.45, 7) is 3.82. The van der Waals surface area contributed by atoms with Crippen LogP contribution in [0, 0.1) is 0 Å². The molecule has 0 radical (unpaired) electrons. The molecule has 0 aliphatic heterocycles. The van der Waals surface area contributed by atoms with Gasteiger partial charge in [-0.15, -0.1) is 0 Å². The third kappa shape index (κ3) is 4.02. The molecule has 2 aromatic rings. The molecule has 0 saturated carbocycles. The van der Waals surface area contributed by atoms with Gasteiger partial charge in [-0.3, -0.25) is 14.2 Å². The van der Waals surface area contributed by atoms with Gasteiger partial charge in [0.1, 0.15) is 6.54 Å². The molecule has 1 unspecified atom stereocenters. The van der Waals surface area contributed by atoms with Gasteiger partial charge in [0.25, 0.3) is 5.56 Å². The lowest BCUT2D eigenvalue weighted by Crippen LogP contribution is -2.33. The summed E-state index contributed by atoms with van der Waals surface area (Å²) in [5.74, 6) is -0.209. The first-order chi connectivity index (χ1) is 10.1. The van der Waals surface area contributed by atoms with Crippen LogP contribution in [0.25, 0.3) is 0 Å². The molecule has 1 atom stereocenters. The van der Waals surface area contributed by atoms with E-state index < -0.39 is 0 Å². The van der Waals surface area contributed by atoms with Crippen molar-refractivity contribution in [3.63, 3.8) is 0 Å². The molecule has 1 aromatic carbocycles. The van der Waals surface area contributed by atoms with E-state index in [2.05, 4.69) is 10.3 Å². The number of amides is 1. The van der Waals surface area contributed by atoms with Crippen LogP contribution in [-0.4, -0.2) is 15.5 Å². The molecule has 1 aromatic heterocycles. The summed E-state index contributed by atoms with van der Waals surface area (Å²) >= 11 is 0. The second kappa shape index (κ2) is 6.83. The highest BCUT2D eigenvalue weighted by atomic mass is 16.2. The Morgan fingerprint density at radius 2 is 2.05 bits per heavy atom. The molecule has 110 valence electrons. The fraction of sp³-hybridized carbons (Fsp3) is 0.312. The van der Waals surface area contributed by atoms with Crippen LogP contribution in [0.1, 0.15) is 31.1 Å². The SMILES string of the molecule is CCc1cc(=O)n(CC(=O)NC(C)c2ccccc2)cn1. The Hall–Kier alpha value is -2.43. The minimum atomic E-state index is -0.209. The Morgan fingerprint density at radius 1 is 1.33 bits per heavy atom. The number of hydrogen-bond acceptors (Lipinski definition) is 3. The number of hydrogen-bond donors (Lipinski definition) is 1. The highest BCUT2D eigenvalue weighted by molar-refractivity contribution is 5.76. The molecule has 0 fully saturated rings. The molecule has 0 bridgehead atoms. The molecule has 0 saturated heterocycles. The fourth-order valence-electron chi connectivity index (χ4n) is 2.04. The summed E-state index contributed by atoms with van der Waals surface area (Å²) in [5.41, 5.74) is 1.55. The van der Waals surface area contributed by atoms with Crippen molar-refractivity contribution in [1.29, 1.82) is 0 Å². The van der Waals surface area contributed by atoms with Crippen LogP contribution >= 0.6 is 0 Å². The Labute approximate surface area is 123 Å². The van der Waals surface area contributed by atoms with Gasteiger partial charge in [-0.25, -0.2) is 4.98 Å². The Kier molecular flexibility index (Phi) is 4.87. The molecule has 0 aliphatic rings. The zero-order valence-corrected chi connectivity index (χ0v) is 12.2. The van der Waals surface area contributed by atoms with Gasteiger partial charge >= 0.3 is 0 Å². The summed E-state index contributed by atoms with van der Waals surface area (Å²) in [6, 6.07) is 11.1. The van der Waals surface area contributed by atoms with Gasteiger partial charge in [-0.1, -0.05) is 37.3 Å². The lowest BCUT2D eigenvalue weighted by Gasteiger charge is -2.14. The third-order valence-corrected chi connectivity index (χ3v) is 3.29. The number of aryl methyl sites for hydroxylation is 1. The number of carbonyl (C=O) groups is 1. The molecule has 0 spiro atoms. The van der Waals surface area contributed by atoms with Crippen LogP contribution in [0.5, 0.6) is 0 Å². The van der Waals surface area contributed by atoms with Crippen LogP contribution in [0.4, 0.5) is 0 Å². The second-order valence-electron chi connectivity index (χ2n) is 4.90. The minimum absolute atomic E-state index is 0.0208. The predicted octanol–water partition coefficient (Wildman–Crippen LogP) is 1.68. The summed E-state index contributed by atoms with van der Waals surface area (Å²) in [5, 5.41) is 2.87. The van der Waals surface area contributed by atoms with E-state index in [1.165, 1.54) is 17.0 Å². The maximum Gasteiger partial charge on any atom is 0.253 e. The molecule has 1 N–H and O–H groups in total. The van der Waals surface area contributed by atoms with Gasteiger partial charge in [0, 0.05) is 11.8 Å². The molecule has 21 heavy (non-hydrogen) atoms. The first kappa shape index (κ1) is 15.0. The summed E-state index contributed by atoms with van der Waals surface area (Å²) in [6.07, 6.45) is 2.13. The van der Waals surface area contributed by atoms with E-state index in [1.807, 2.05) is 44.2 Å². The molecular formula is C16H19N3O2. The van der Waals surface area contributed by atoms with Gasteiger partial charge in [0.05, 0.1) is 12.4 Å². The van der Waals surface area contributed by atoms with E-state index in [0.29, 0.717) is 6.42 Å². The average molecular weight is 285 g/mol. The van der Waals surface area contributed by atoms with E-state index in [-0.39, 0.29) is 24.1 Å². The maximum atomic E-state index is 12.0. The first-order valence-electron chi connectivity index (χ1n) is 7.00. The highest BCUT2D eigenvalue weighted by Gasteiger charge is 2.10. The monoisotopic (exact) mass is 285 g/mol. The number of carbonyl (C=O) groups excluding carboxylic acids is 1. The summed E-state index contributed by atoms with van der Waals surface area (Å²) < 4.78 is 1.31. The van der Waals surface area contributed by atoms with E-state index in [4.69, 9.17) is 0 Å². The van der Waals surface area contributed by atoms with Crippen molar-refractivity contribution in [1.82, 2.24) is 14.9 Å². The normalized spacial score (nSPS) is 11.9. The lowest BCUT2D eigenvalue weighted by atomic mass is 10.1. The van der Waals surface area contributed by atoms with Gasteiger partial charge in [0.2, 0.25) is 5.91 Å². The van der Waals surface area contributed by atoms with Crippen molar-refractivity contribution in [2.24, 2.45) is 0 Å². The topological polar surface area (TPSA) is 64.0 Å². The van der Waals surface area contributed by atoms with Crippen LogP contribution in [0.15, 0.2) is 47.5 Å². The largest absolute Gasteiger partial charge is 0.348 e. The highest BCUT2D eigenvalue weighted by Crippen LogP contribution is 2.10. The van der Waals surface area contributed by atoms with E-state index >= 15 is 0 Å². The number of rotatable bonds is 5. The number of nitrogens with one attached hydrogen (secondary N) is 1.